The second kappa shape index (κ2) is 5.34. The van der Waals surface area contributed by atoms with Crippen molar-refractivity contribution < 1.29 is 19.1 Å². The molecule has 0 aromatic carbocycles. The summed E-state index contributed by atoms with van der Waals surface area (Å²) in [6.07, 6.45) is 1.63. The van der Waals surface area contributed by atoms with Crippen molar-refractivity contribution in [2.75, 3.05) is 0 Å². The van der Waals surface area contributed by atoms with Gasteiger partial charge < -0.3 is 14.8 Å². The average molecular weight is 237 g/mol. The summed E-state index contributed by atoms with van der Waals surface area (Å²) in [5.41, 5.74) is 0.359. The maximum atomic E-state index is 11.8. The molecule has 5 heteroatoms. The third kappa shape index (κ3) is 3.21. The number of carbonyl (C=O) groups excluding carboxylic acids is 1. The topological polar surface area (TPSA) is 79.5 Å². The number of hydrogen-bond donors (Lipinski definition) is 2. The summed E-state index contributed by atoms with van der Waals surface area (Å²) in [4.78, 5) is 22.7. The predicted molar refractivity (Wildman–Crippen MR) is 61.9 cm³/mol. The highest BCUT2D eigenvalue weighted by Crippen LogP contribution is 2.13. The van der Waals surface area contributed by atoms with E-state index in [1.54, 1.807) is 19.9 Å². The molecule has 1 atom stereocenters. The molecule has 0 saturated carbocycles. The zero-order valence-corrected chi connectivity index (χ0v) is 9.82. The smallest absolute Gasteiger partial charge is 0.326 e. The summed E-state index contributed by atoms with van der Waals surface area (Å²) >= 11 is 0. The Bertz CT molecular complexity index is 447. The maximum Gasteiger partial charge on any atom is 0.326 e. The molecule has 0 aliphatic heterocycles. The molecule has 5 nitrogen and oxygen atoms in total. The number of aliphatic carboxylic acids is 1. The van der Waals surface area contributed by atoms with Crippen LogP contribution < -0.4 is 5.32 Å². The fraction of sp³-hybridized carbons (Fsp3) is 0.333. The van der Waals surface area contributed by atoms with Crippen LogP contribution >= 0.6 is 0 Å². The second-order valence-electron chi connectivity index (χ2n) is 3.72. The summed E-state index contributed by atoms with van der Waals surface area (Å²) in [5.74, 6) is -0.448. The van der Waals surface area contributed by atoms with E-state index in [9.17, 15) is 9.59 Å². The highest BCUT2D eigenvalue weighted by Gasteiger charge is 2.21. The molecule has 1 aromatic heterocycles. The molecular formula is C12H15NO4. The Morgan fingerprint density at radius 1 is 1.59 bits per heavy atom. The zero-order chi connectivity index (χ0) is 13.0. The van der Waals surface area contributed by atoms with Gasteiger partial charge in [0.25, 0.3) is 5.91 Å². The van der Waals surface area contributed by atoms with Gasteiger partial charge in [-0.05, 0) is 26.3 Å². The van der Waals surface area contributed by atoms with Crippen molar-refractivity contribution in [3.8, 4) is 0 Å². The molecule has 1 rings (SSSR count). The first-order valence-electron chi connectivity index (χ1n) is 5.17. The lowest BCUT2D eigenvalue weighted by atomic mass is 10.1. The van der Waals surface area contributed by atoms with Gasteiger partial charge in [0, 0.05) is 0 Å². The number of rotatable bonds is 5. The van der Waals surface area contributed by atoms with Crippen molar-refractivity contribution in [2.45, 2.75) is 26.3 Å². The molecule has 0 aliphatic rings. The van der Waals surface area contributed by atoms with Crippen LogP contribution in [0.3, 0.4) is 0 Å². The van der Waals surface area contributed by atoms with Crippen molar-refractivity contribution in [2.24, 2.45) is 0 Å². The van der Waals surface area contributed by atoms with Gasteiger partial charge in [-0.25, -0.2) is 4.79 Å². The number of carboxylic acid groups (broad SMARTS) is 1. The number of furan rings is 1. The fourth-order valence-corrected chi connectivity index (χ4v) is 1.48. The van der Waals surface area contributed by atoms with Gasteiger partial charge in [-0.2, -0.15) is 0 Å². The van der Waals surface area contributed by atoms with E-state index in [0.717, 1.165) is 0 Å². The molecule has 0 spiro atoms. The van der Waals surface area contributed by atoms with E-state index in [-0.39, 0.29) is 6.42 Å². The van der Waals surface area contributed by atoms with E-state index in [1.807, 2.05) is 0 Å². The van der Waals surface area contributed by atoms with Crippen LogP contribution in [0.4, 0.5) is 0 Å². The van der Waals surface area contributed by atoms with E-state index in [4.69, 9.17) is 9.52 Å². The van der Waals surface area contributed by atoms with Gasteiger partial charge >= 0.3 is 5.97 Å². The predicted octanol–water partition coefficient (Wildman–Crippen LogP) is 1.66. The van der Waals surface area contributed by atoms with Crippen LogP contribution in [-0.4, -0.2) is 23.0 Å². The Morgan fingerprint density at radius 2 is 2.24 bits per heavy atom. The zero-order valence-electron chi connectivity index (χ0n) is 9.82. The molecule has 0 radical (unpaired) electrons. The lowest BCUT2D eigenvalue weighted by molar-refractivity contribution is -0.139. The summed E-state index contributed by atoms with van der Waals surface area (Å²) in [5, 5.41) is 11.3. The van der Waals surface area contributed by atoms with E-state index in [1.165, 1.54) is 6.08 Å². The molecule has 92 valence electrons. The lowest BCUT2D eigenvalue weighted by Crippen LogP contribution is -2.40. The Hall–Kier alpha value is -2.04. The van der Waals surface area contributed by atoms with Crippen LogP contribution in [0, 0.1) is 13.8 Å². The van der Waals surface area contributed by atoms with Gasteiger partial charge in [-0.1, -0.05) is 6.08 Å². The number of aryl methyl sites for hydroxylation is 2. The van der Waals surface area contributed by atoms with Crippen LogP contribution in [0.2, 0.25) is 0 Å². The van der Waals surface area contributed by atoms with E-state index in [2.05, 4.69) is 11.9 Å². The largest absolute Gasteiger partial charge is 0.480 e. The summed E-state index contributed by atoms with van der Waals surface area (Å²) in [6, 6.07) is 0.618. The van der Waals surface area contributed by atoms with Gasteiger partial charge in [0.2, 0.25) is 0 Å². The fourth-order valence-electron chi connectivity index (χ4n) is 1.48. The molecular weight excluding hydrogens is 222 g/mol. The summed E-state index contributed by atoms with van der Waals surface area (Å²) in [7, 11) is 0. The van der Waals surface area contributed by atoms with Crippen molar-refractivity contribution in [1.82, 2.24) is 5.32 Å². The maximum absolute atomic E-state index is 11.8. The van der Waals surface area contributed by atoms with E-state index < -0.39 is 17.9 Å². The van der Waals surface area contributed by atoms with Gasteiger partial charge in [0.1, 0.15) is 17.6 Å². The third-order valence-electron chi connectivity index (χ3n) is 2.29. The SMILES string of the molecule is C=CCC(NC(=O)c1cc(C)oc1C)C(=O)O. The molecule has 1 heterocycles. The molecule has 2 N–H and O–H groups in total. The molecule has 1 unspecified atom stereocenters. The first kappa shape index (κ1) is 13.0. The van der Waals surface area contributed by atoms with E-state index in [0.29, 0.717) is 17.1 Å². The molecule has 1 amide bonds. The minimum Gasteiger partial charge on any atom is -0.480 e. The highest BCUT2D eigenvalue weighted by atomic mass is 16.4. The Balaban J connectivity index is 2.80. The lowest BCUT2D eigenvalue weighted by Gasteiger charge is -2.11. The quantitative estimate of drug-likeness (QED) is 0.763. The first-order valence-corrected chi connectivity index (χ1v) is 5.17. The number of amides is 1. The van der Waals surface area contributed by atoms with Crippen LogP contribution in [-0.2, 0) is 4.79 Å². The molecule has 0 fully saturated rings. The van der Waals surface area contributed by atoms with Crippen molar-refractivity contribution >= 4 is 11.9 Å². The number of carbonyl (C=O) groups is 2. The molecule has 17 heavy (non-hydrogen) atoms. The standard InChI is InChI=1S/C12H15NO4/c1-4-5-10(12(15)16)13-11(14)9-6-7(2)17-8(9)3/h4,6,10H,1,5H2,2-3H3,(H,13,14)(H,15,16). The third-order valence-corrected chi connectivity index (χ3v) is 2.29. The van der Waals surface area contributed by atoms with Crippen LogP contribution in [0.25, 0.3) is 0 Å². The summed E-state index contributed by atoms with van der Waals surface area (Å²) in [6.45, 7) is 6.83. The molecule has 1 aromatic rings. The van der Waals surface area contributed by atoms with Gasteiger partial charge in [0.15, 0.2) is 0 Å². The normalized spacial score (nSPS) is 11.9. The molecule has 0 aliphatic carbocycles. The number of hydrogen-bond acceptors (Lipinski definition) is 3. The van der Waals surface area contributed by atoms with Crippen molar-refractivity contribution in [1.29, 1.82) is 0 Å². The summed E-state index contributed by atoms with van der Waals surface area (Å²) < 4.78 is 5.21. The molecule has 0 bridgehead atoms. The van der Waals surface area contributed by atoms with Gasteiger partial charge in [0.05, 0.1) is 5.56 Å². The van der Waals surface area contributed by atoms with Gasteiger partial charge in [-0.15, -0.1) is 6.58 Å². The Kier molecular flexibility index (Phi) is 4.09. The van der Waals surface area contributed by atoms with Crippen LogP contribution in [0.15, 0.2) is 23.1 Å². The van der Waals surface area contributed by atoms with Crippen molar-refractivity contribution in [3.05, 3.63) is 35.8 Å². The Morgan fingerprint density at radius 3 is 2.65 bits per heavy atom. The van der Waals surface area contributed by atoms with Gasteiger partial charge in [-0.3, -0.25) is 4.79 Å². The van der Waals surface area contributed by atoms with E-state index >= 15 is 0 Å². The number of carboxylic acids is 1. The minimum absolute atomic E-state index is 0.178. The minimum atomic E-state index is -1.09. The monoisotopic (exact) mass is 237 g/mol. The van der Waals surface area contributed by atoms with Crippen LogP contribution in [0.5, 0.6) is 0 Å². The Labute approximate surface area is 99.1 Å². The second-order valence-corrected chi connectivity index (χ2v) is 3.72. The van der Waals surface area contributed by atoms with Crippen LogP contribution in [0.1, 0.15) is 28.3 Å². The molecule has 0 saturated heterocycles. The van der Waals surface area contributed by atoms with Crippen molar-refractivity contribution in [3.63, 3.8) is 0 Å². The number of nitrogens with one attached hydrogen (secondary N) is 1. The average Bonchev–Trinajstić information content (AvgIpc) is 2.57. The first-order chi connectivity index (χ1) is 7.95. The highest BCUT2D eigenvalue weighted by molar-refractivity contribution is 5.97.